The molecule has 3 aliphatic rings. The van der Waals surface area contributed by atoms with Crippen LogP contribution < -0.4 is 0 Å². The van der Waals surface area contributed by atoms with Crippen molar-refractivity contribution in [3.63, 3.8) is 0 Å². The Morgan fingerprint density at radius 3 is 2.65 bits per heavy atom. The van der Waals surface area contributed by atoms with Crippen molar-refractivity contribution in [2.75, 3.05) is 5.88 Å². The summed E-state index contributed by atoms with van der Waals surface area (Å²) in [6, 6.07) is 6.41. The van der Waals surface area contributed by atoms with Gasteiger partial charge in [-0.05, 0) is 43.0 Å². The highest BCUT2D eigenvalue weighted by atomic mass is 35.5. The maximum atomic E-state index is 12.8. The average Bonchev–Trinajstić information content (AvgIpc) is 3.23. The Bertz CT molecular complexity index is 745. The summed E-state index contributed by atoms with van der Waals surface area (Å²) in [5, 5.41) is 0.517. The predicted molar refractivity (Wildman–Crippen MR) is 94.1 cm³/mol. The van der Waals surface area contributed by atoms with E-state index in [0.717, 1.165) is 6.42 Å². The number of rotatable bonds is 6. The van der Waals surface area contributed by atoms with Crippen LogP contribution in [0.2, 0.25) is 5.02 Å². The first-order valence-electron chi connectivity index (χ1n) is 8.76. The molecule has 1 saturated heterocycles. The summed E-state index contributed by atoms with van der Waals surface area (Å²) in [5.74, 6) is -1.65. The lowest BCUT2D eigenvalue weighted by molar-refractivity contribution is -0.158. The molecule has 4 rings (SSSR count). The van der Waals surface area contributed by atoms with Crippen molar-refractivity contribution in [3.8, 4) is 0 Å². The highest BCUT2D eigenvalue weighted by Gasteiger charge is 2.64. The summed E-state index contributed by atoms with van der Waals surface area (Å²) in [5.41, 5.74) is 0.408. The van der Waals surface area contributed by atoms with Gasteiger partial charge >= 0.3 is 11.9 Å². The van der Waals surface area contributed by atoms with Crippen molar-refractivity contribution in [1.29, 1.82) is 0 Å². The third-order valence-corrected chi connectivity index (χ3v) is 6.28. The fourth-order valence-electron chi connectivity index (χ4n) is 4.69. The van der Waals surface area contributed by atoms with E-state index in [1.165, 1.54) is 0 Å². The number of alkyl halides is 1. The van der Waals surface area contributed by atoms with E-state index in [1.807, 2.05) is 0 Å². The molecule has 2 saturated carbocycles. The van der Waals surface area contributed by atoms with Crippen LogP contribution in [-0.4, -0.2) is 35.8 Å². The number of carbonyl (C=O) groups is 3. The normalized spacial score (nSPS) is 32.4. The maximum absolute atomic E-state index is 12.8. The summed E-state index contributed by atoms with van der Waals surface area (Å²) in [6.07, 6.45) is 0.724. The molecule has 1 aliphatic heterocycles. The summed E-state index contributed by atoms with van der Waals surface area (Å²) in [4.78, 5) is 37.6. The first-order valence-corrected chi connectivity index (χ1v) is 9.67. The number of benzene rings is 1. The number of esters is 2. The molecular weight excluding hydrogens is 379 g/mol. The van der Waals surface area contributed by atoms with E-state index in [2.05, 4.69) is 0 Å². The average molecular weight is 397 g/mol. The van der Waals surface area contributed by atoms with Crippen molar-refractivity contribution in [2.45, 2.75) is 31.5 Å². The summed E-state index contributed by atoms with van der Waals surface area (Å²) in [6.45, 7) is 0. The minimum atomic E-state index is -0.964. The van der Waals surface area contributed by atoms with E-state index in [9.17, 15) is 14.4 Å². The smallest absolute Gasteiger partial charge is 0.310 e. The second-order valence-corrected chi connectivity index (χ2v) is 8.01. The van der Waals surface area contributed by atoms with Crippen LogP contribution in [-0.2, 0) is 19.1 Å². The van der Waals surface area contributed by atoms with E-state index < -0.39 is 23.9 Å². The molecule has 1 heterocycles. The van der Waals surface area contributed by atoms with Crippen LogP contribution in [0.25, 0.3) is 0 Å². The van der Waals surface area contributed by atoms with E-state index in [4.69, 9.17) is 32.7 Å². The molecule has 0 radical (unpaired) electrons. The Kier molecular flexibility index (Phi) is 4.70. The Hall–Kier alpha value is -1.59. The first kappa shape index (κ1) is 17.8. The highest BCUT2D eigenvalue weighted by Crippen LogP contribution is 2.58. The van der Waals surface area contributed by atoms with Gasteiger partial charge in [-0.15, -0.1) is 11.6 Å². The highest BCUT2D eigenvalue weighted by molar-refractivity contribution is 6.30. The van der Waals surface area contributed by atoms with Crippen LogP contribution >= 0.6 is 23.2 Å². The summed E-state index contributed by atoms with van der Waals surface area (Å²) >= 11 is 11.7. The van der Waals surface area contributed by atoms with Crippen LogP contribution in [0.3, 0.4) is 0 Å². The molecular formula is C19H18Cl2O5. The third-order valence-electron chi connectivity index (χ3n) is 5.81. The lowest BCUT2D eigenvalue weighted by Gasteiger charge is -2.25. The molecule has 0 N–H and O–H groups in total. The number of ether oxygens (including phenoxy) is 2. The molecule has 0 spiro atoms. The summed E-state index contributed by atoms with van der Waals surface area (Å²) in [7, 11) is 0. The largest absolute Gasteiger partial charge is 0.462 e. The lowest BCUT2D eigenvalue weighted by Crippen LogP contribution is -2.37. The van der Waals surface area contributed by atoms with Crippen LogP contribution in [0, 0.1) is 23.7 Å². The second-order valence-electron chi connectivity index (χ2n) is 7.20. The molecule has 2 aliphatic carbocycles. The van der Waals surface area contributed by atoms with Gasteiger partial charge in [0.15, 0.2) is 6.10 Å². The van der Waals surface area contributed by atoms with Gasteiger partial charge in [0.05, 0.1) is 11.8 Å². The number of hydrogen-bond donors (Lipinski definition) is 0. The molecule has 0 unspecified atom stereocenters. The molecule has 0 aromatic heterocycles. The molecule has 0 amide bonds. The third kappa shape index (κ3) is 2.91. The first-order chi connectivity index (χ1) is 12.5. The summed E-state index contributed by atoms with van der Waals surface area (Å²) < 4.78 is 10.9. The Morgan fingerprint density at radius 2 is 1.96 bits per heavy atom. The van der Waals surface area contributed by atoms with E-state index in [-0.39, 0.29) is 42.0 Å². The molecule has 26 heavy (non-hydrogen) atoms. The molecule has 1 aromatic carbocycles. The number of hydrogen-bond acceptors (Lipinski definition) is 5. The van der Waals surface area contributed by atoms with Crippen molar-refractivity contribution in [1.82, 2.24) is 0 Å². The topological polar surface area (TPSA) is 69.7 Å². The van der Waals surface area contributed by atoms with Crippen molar-refractivity contribution >= 4 is 40.9 Å². The Labute approximate surface area is 160 Å². The van der Waals surface area contributed by atoms with Gasteiger partial charge < -0.3 is 9.47 Å². The molecule has 7 heteroatoms. The van der Waals surface area contributed by atoms with Gasteiger partial charge in [0, 0.05) is 28.8 Å². The fraction of sp³-hybridized carbons (Fsp3) is 0.526. The van der Waals surface area contributed by atoms with Gasteiger partial charge in [-0.2, -0.15) is 0 Å². The number of carbonyl (C=O) groups excluding carboxylic acids is 3. The minimum absolute atomic E-state index is 0.0455. The fourth-order valence-corrected chi connectivity index (χ4v) is 5.01. The molecule has 3 fully saturated rings. The minimum Gasteiger partial charge on any atom is -0.462 e. The van der Waals surface area contributed by atoms with Gasteiger partial charge in [-0.3, -0.25) is 14.4 Å². The zero-order valence-corrected chi connectivity index (χ0v) is 15.4. The number of fused-ring (bicyclic) bond motifs is 1. The van der Waals surface area contributed by atoms with Crippen molar-refractivity contribution < 1.29 is 23.9 Å². The predicted octanol–water partition coefficient (Wildman–Crippen LogP) is 3.26. The van der Waals surface area contributed by atoms with Crippen LogP contribution in [0.5, 0.6) is 0 Å². The number of halogens is 2. The van der Waals surface area contributed by atoms with Crippen LogP contribution in [0.1, 0.15) is 29.6 Å². The van der Waals surface area contributed by atoms with E-state index in [0.29, 0.717) is 17.0 Å². The van der Waals surface area contributed by atoms with Gasteiger partial charge in [0.2, 0.25) is 5.78 Å². The van der Waals surface area contributed by atoms with Gasteiger partial charge in [-0.1, -0.05) is 11.6 Å². The standard InChI is InChI=1S/C19H18Cl2O5/c20-6-5-13(17(22)9-1-3-11(21)4-2-9)25-18(23)15-10-7-12-14(8-10)26-19(24)16(12)15/h1-4,10,12-16H,5-8H2/t10-,12-,13+,14-,15+,16+/m1/s1. The number of Topliss-reactive ketones (excluding diaryl/α,β-unsaturated/α-hetero) is 1. The Morgan fingerprint density at radius 1 is 1.23 bits per heavy atom. The lowest BCUT2D eigenvalue weighted by atomic mass is 9.80. The monoisotopic (exact) mass is 396 g/mol. The zero-order chi connectivity index (χ0) is 18.4. The molecule has 1 aromatic rings. The molecule has 6 atom stereocenters. The van der Waals surface area contributed by atoms with E-state index in [1.54, 1.807) is 24.3 Å². The zero-order valence-electron chi connectivity index (χ0n) is 13.9. The van der Waals surface area contributed by atoms with Crippen LogP contribution in [0.15, 0.2) is 24.3 Å². The van der Waals surface area contributed by atoms with Crippen LogP contribution in [0.4, 0.5) is 0 Å². The van der Waals surface area contributed by atoms with Crippen molar-refractivity contribution in [2.24, 2.45) is 23.7 Å². The Balaban J connectivity index is 1.50. The van der Waals surface area contributed by atoms with Gasteiger partial charge in [0.1, 0.15) is 6.10 Å². The van der Waals surface area contributed by atoms with Gasteiger partial charge in [-0.25, -0.2) is 0 Å². The second kappa shape index (κ2) is 6.86. The quantitative estimate of drug-likeness (QED) is 0.419. The molecule has 5 nitrogen and oxygen atoms in total. The number of ketones is 1. The van der Waals surface area contributed by atoms with Gasteiger partial charge in [0.25, 0.3) is 0 Å². The molecule has 138 valence electrons. The van der Waals surface area contributed by atoms with Crippen molar-refractivity contribution in [3.05, 3.63) is 34.9 Å². The van der Waals surface area contributed by atoms with E-state index >= 15 is 0 Å². The SMILES string of the molecule is O=C(O[C@@H](CCCl)C(=O)c1ccc(Cl)cc1)[C@H]1[C@@H]2C[C@H]3[C@@H]1C(=O)O[C@@H]3C2. The molecule has 2 bridgehead atoms. The maximum Gasteiger partial charge on any atom is 0.310 e.